The molecule has 0 spiro atoms. The van der Waals surface area contributed by atoms with Gasteiger partial charge in [0, 0.05) is 45.3 Å². The van der Waals surface area contributed by atoms with Crippen LogP contribution in [0, 0.1) is 0 Å². The summed E-state index contributed by atoms with van der Waals surface area (Å²) in [6.07, 6.45) is -0.485. The van der Waals surface area contributed by atoms with Crippen LogP contribution < -0.4 is 5.32 Å². The zero-order valence-corrected chi connectivity index (χ0v) is 14.6. The monoisotopic (exact) mass is 346 g/mol. The van der Waals surface area contributed by atoms with Crippen molar-refractivity contribution in [1.82, 2.24) is 20.0 Å². The summed E-state index contributed by atoms with van der Waals surface area (Å²) in [5.74, 6) is -0.150. The van der Waals surface area contributed by atoms with Crippen molar-refractivity contribution < 1.29 is 14.7 Å². The molecule has 2 saturated heterocycles. The third kappa shape index (κ3) is 4.36. The lowest BCUT2D eigenvalue weighted by Gasteiger charge is -2.41. The average molecular weight is 346 g/mol. The van der Waals surface area contributed by atoms with E-state index >= 15 is 0 Å². The second-order valence-corrected chi connectivity index (χ2v) is 6.78. The topological polar surface area (TPSA) is 76.1 Å². The molecular formula is C18H26N4O3. The number of nitrogens with one attached hydrogen (secondary N) is 1. The summed E-state index contributed by atoms with van der Waals surface area (Å²) in [4.78, 5) is 29.0. The number of carbonyl (C=O) groups excluding carboxylic acids is 2. The maximum absolute atomic E-state index is 11.6. The van der Waals surface area contributed by atoms with Crippen molar-refractivity contribution >= 4 is 11.9 Å². The fourth-order valence-corrected chi connectivity index (χ4v) is 3.47. The number of rotatable bonds is 6. The highest BCUT2D eigenvalue weighted by molar-refractivity contribution is 6.01. The predicted octanol–water partition coefficient (Wildman–Crippen LogP) is 0.278. The van der Waals surface area contributed by atoms with Crippen LogP contribution in [-0.4, -0.2) is 83.6 Å². The fraction of sp³-hybridized carbons (Fsp3) is 0.556. The smallest absolute Gasteiger partial charge is 0.324 e. The molecule has 7 nitrogen and oxygen atoms in total. The summed E-state index contributed by atoms with van der Waals surface area (Å²) in [7, 11) is 0. The van der Waals surface area contributed by atoms with Crippen molar-refractivity contribution in [2.75, 3.05) is 45.8 Å². The molecule has 1 aromatic rings. The van der Waals surface area contributed by atoms with Crippen molar-refractivity contribution in [3.8, 4) is 0 Å². The number of benzene rings is 1. The number of aliphatic hydroxyl groups excluding tert-OH is 1. The number of carbonyl (C=O) groups is 2. The van der Waals surface area contributed by atoms with E-state index in [4.69, 9.17) is 0 Å². The van der Waals surface area contributed by atoms with E-state index in [1.54, 1.807) is 0 Å². The van der Waals surface area contributed by atoms with Crippen LogP contribution in [-0.2, 0) is 4.79 Å². The summed E-state index contributed by atoms with van der Waals surface area (Å²) >= 11 is 0. The van der Waals surface area contributed by atoms with E-state index in [-0.39, 0.29) is 18.5 Å². The Bertz CT molecular complexity index is 594. The Hall–Kier alpha value is -1.96. The minimum Gasteiger partial charge on any atom is -0.387 e. The Balaban J connectivity index is 1.46. The van der Waals surface area contributed by atoms with Crippen molar-refractivity contribution in [2.24, 2.45) is 0 Å². The Kier molecular flexibility index (Phi) is 5.67. The molecule has 2 aliphatic rings. The highest BCUT2D eigenvalue weighted by Crippen LogP contribution is 2.17. The summed E-state index contributed by atoms with van der Waals surface area (Å²) in [5, 5.41) is 13.0. The third-order valence-electron chi connectivity index (χ3n) is 5.02. The summed E-state index contributed by atoms with van der Waals surface area (Å²) in [5.41, 5.74) is 0.940. The summed E-state index contributed by atoms with van der Waals surface area (Å²) in [6, 6.07) is 9.75. The lowest BCUT2D eigenvalue weighted by Crippen LogP contribution is -2.54. The van der Waals surface area contributed by atoms with Crippen LogP contribution in [0.5, 0.6) is 0 Å². The second kappa shape index (κ2) is 7.95. The number of aliphatic hydroxyl groups is 1. The first kappa shape index (κ1) is 17.8. The Morgan fingerprint density at radius 3 is 2.60 bits per heavy atom. The van der Waals surface area contributed by atoms with E-state index in [1.165, 1.54) is 4.90 Å². The zero-order chi connectivity index (χ0) is 17.8. The Morgan fingerprint density at radius 2 is 1.96 bits per heavy atom. The molecule has 2 atom stereocenters. The number of β-amino-alcohol motifs (C(OH)–C–C–N with tert-alkyl or cyclic N) is 1. The lowest BCUT2D eigenvalue weighted by atomic mass is 10.1. The fourth-order valence-electron chi connectivity index (χ4n) is 3.47. The van der Waals surface area contributed by atoms with Gasteiger partial charge in [-0.3, -0.25) is 19.5 Å². The number of imide groups is 1. The molecular weight excluding hydrogens is 320 g/mol. The largest absolute Gasteiger partial charge is 0.387 e. The molecule has 2 N–H and O–H groups in total. The van der Waals surface area contributed by atoms with Crippen LogP contribution in [0.25, 0.3) is 0 Å². The van der Waals surface area contributed by atoms with Gasteiger partial charge in [0.1, 0.15) is 0 Å². The number of nitrogens with zero attached hydrogens (tertiary/aromatic N) is 3. The highest BCUT2D eigenvalue weighted by Gasteiger charge is 2.30. The van der Waals surface area contributed by atoms with E-state index in [0.717, 1.165) is 25.2 Å². The van der Waals surface area contributed by atoms with Crippen LogP contribution in [0.1, 0.15) is 18.6 Å². The van der Waals surface area contributed by atoms with Gasteiger partial charge in [0.2, 0.25) is 5.91 Å². The Morgan fingerprint density at radius 1 is 1.20 bits per heavy atom. The SMILES string of the molecule is C[C@H]1CN(CCN2C(=O)CNC2=O)CCN1C[C@H](O)c1ccccc1. The van der Waals surface area contributed by atoms with E-state index in [1.807, 2.05) is 30.3 Å². The van der Waals surface area contributed by atoms with Gasteiger partial charge >= 0.3 is 6.03 Å². The maximum Gasteiger partial charge on any atom is 0.324 e. The number of hydrogen-bond donors (Lipinski definition) is 2. The van der Waals surface area contributed by atoms with E-state index in [2.05, 4.69) is 22.0 Å². The van der Waals surface area contributed by atoms with Gasteiger partial charge in [0.25, 0.3) is 0 Å². The molecule has 0 unspecified atom stereocenters. The molecule has 25 heavy (non-hydrogen) atoms. The van der Waals surface area contributed by atoms with Crippen molar-refractivity contribution in [1.29, 1.82) is 0 Å². The number of hydrogen-bond acceptors (Lipinski definition) is 5. The minimum absolute atomic E-state index is 0.111. The zero-order valence-electron chi connectivity index (χ0n) is 14.6. The molecule has 0 radical (unpaired) electrons. The molecule has 2 fully saturated rings. The van der Waals surface area contributed by atoms with Crippen LogP contribution in [0.15, 0.2) is 30.3 Å². The molecule has 136 valence electrons. The molecule has 0 aromatic heterocycles. The first-order valence-electron chi connectivity index (χ1n) is 8.82. The van der Waals surface area contributed by atoms with Gasteiger partial charge in [0.05, 0.1) is 12.6 Å². The van der Waals surface area contributed by atoms with Crippen LogP contribution in [0.4, 0.5) is 4.79 Å². The average Bonchev–Trinajstić information content (AvgIpc) is 2.94. The minimum atomic E-state index is -0.485. The molecule has 0 aliphatic carbocycles. The Labute approximate surface area is 148 Å². The van der Waals surface area contributed by atoms with Crippen molar-refractivity contribution in [3.63, 3.8) is 0 Å². The number of urea groups is 1. The van der Waals surface area contributed by atoms with E-state index in [0.29, 0.717) is 25.7 Å². The highest BCUT2D eigenvalue weighted by atomic mass is 16.3. The lowest BCUT2D eigenvalue weighted by molar-refractivity contribution is -0.125. The molecule has 2 heterocycles. The van der Waals surface area contributed by atoms with Crippen LogP contribution >= 0.6 is 0 Å². The summed E-state index contributed by atoms with van der Waals surface area (Å²) < 4.78 is 0. The normalized spacial score (nSPS) is 23.8. The summed E-state index contributed by atoms with van der Waals surface area (Å²) in [6.45, 7) is 6.61. The van der Waals surface area contributed by atoms with E-state index in [9.17, 15) is 14.7 Å². The van der Waals surface area contributed by atoms with Gasteiger partial charge in [-0.15, -0.1) is 0 Å². The van der Waals surface area contributed by atoms with Gasteiger partial charge < -0.3 is 10.4 Å². The quantitative estimate of drug-likeness (QED) is 0.724. The number of piperazine rings is 1. The molecule has 2 aliphatic heterocycles. The number of amides is 3. The predicted molar refractivity (Wildman–Crippen MR) is 94.0 cm³/mol. The van der Waals surface area contributed by atoms with Crippen LogP contribution in [0.2, 0.25) is 0 Å². The van der Waals surface area contributed by atoms with Gasteiger partial charge in [-0.25, -0.2) is 4.79 Å². The van der Waals surface area contributed by atoms with Crippen molar-refractivity contribution in [2.45, 2.75) is 19.1 Å². The van der Waals surface area contributed by atoms with Gasteiger partial charge in [0.15, 0.2) is 0 Å². The first-order chi connectivity index (χ1) is 12.0. The second-order valence-electron chi connectivity index (χ2n) is 6.78. The maximum atomic E-state index is 11.6. The van der Waals surface area contributed by atoms with Gasteiger partial charge in [-0.1, -0.05) is 30.3 Å². The van der Waals surface area contributed by atoms with Crippen LogP contribution in [0.3, 0.4) is 0 Å². The van der Waals surface area contributed by atoms with Crippen molar-refractivity contribution in [3.05, 3.63) is 35.9 Å². The van der Waals surface area contributed by atoms with Gasteiger partial charge in [-0.05, 0) is 12.5 Å². The van der Waals surface area contributed by atoms with E-state index < -0.39 is 6.10 Å². The first-order valence-corrected chi connectivity index (χ1v) is 8.82. The standard InChI is InChI=1S/C18H26N4O3/c1-14-12-20(8-10-22-17(24)11-19-18(22)25)7-9-21(14)13-16(23)15-5-3-2-4-6-15/h2-6,14,16,23H,7-13H2,1H3,(H,19,25)/t14-,16-/m0/s1. The molecule has 3 amide bonds. The third-order valence-corrected chi connectivity index (χ3v) is 5.02. The molecule has 1 aromatic carbocycles. The molecule has 0 saturated carbocycles. The van der Waals surface area contributed by atoms with Gasteiger partial charge in [-0.2, -0.15) is 0 Å². The molecule has 3 rings (SSSR count). The molecule has 0 bridgehead atoms. The molecule has 7 heteroatoms.